The van der Waals surface area contributed by atoms with Crippen molar-refractivity contribution in [3.05, 3.63) is 92.9 Å². The Hall–Kier alpha value is -3.43. The highest BCUT2D eigenvalue weighted by molar-refractivity contribution is 7.12. The summed E-state index contributed by atoms with van der Waals surface area (Å²) in [5.41, 5.74) is 2.64. The van der Waals surface area contributed by atoms with Gasteiger partial charge in [0.2, 0.25) is 0 Å². The molecule has 2 heterocycles. The molecule has 0 N–H and O–H groups in total. The Morgan fingerprint density at radius 1 is 1.10 bits per heavy atom. The van der Waals surface area contributed by atoms with Gasteiger partial charge >= 0.3 is 0 Å². The van der Waals surface area contributed by atoms with Gasteiger partial charge in [-0.05, 0) is 81.6 Å². The highest BCUT2D eigenvalue weighted by Crippen LogP contribution is 2.31. The predicted molar refractivity (Wildman–Crippen MR) is 155 cm³/mol. The number of fused-ring (bicyclic) bond motifs is 1. The molecule has 0 saturated carbocycles. The number of carbonyl (C=O) groups is 1. The molecule has 4 aromatic rings. The Balaban J connectivity index is 1.88. The van der Waals surface area contributed by atoms with Crippen LogP contribution in [0.3, 0.4) is 0 Å². The minimum Gasteiger partial charge on any atom is -0.328 e. The number of carbonyl (C=O) groups excluding carboxylic acids is 1. The number of hydrogen-bond donors (Lipinski definition) is 0. The summed E-state index contributed by atoms with van der Waals surface area (Å²) in [6.45, 7) is 9.24. The second-order valence-corrected chi connectivity index (χ2v) is 11.5. The lowest BCUT2D eigenvalue weighted by molar-refractivity contribution is 0.0595. The van der Waals surface area contributed by atoms with Crippen LogP contribution in [-0.2, 0) is 6.54 Å². The quantitative estimate of drug-likeness (QED) is 0.263. The summed E-state index contributed by atoms with van der Waals surface area (Å²) in [6, 6.07) is 12.1. The molecule has 1 unspecified atom stereocenters. The van der Waals surface area contributed by atoms with Gasteiger partial charge in [-0.1, -0.05) is 49.7 Å². The molecule has 9 heteroatoms. The van der Waals surface area contributed by atoms with Crippen LogP contribution in [0.1, 0.15) is 59.2 Å². The van der Waals surface area contributed by atoms with E-state index in [1.165, 1.54) is 17.6 Å². The van der Waals surface area contributed by atoms with Crippen LogP contribution < -0.4 is 5.56 Å². The van der Waals surface area contributed by atoms with Crippen molar-refractivity contribution in [3.8, 4) is 0 Å². The zero-order valence-corrected chi connectivity index (χ0v) is 24.3. The zero-order chi connectivity index (χ0) is 28.3. The number of hydrogen-bond acceptors (Lipinski definition) is 6. The summed E-state index contributed by atoms with van der Waals surface area (Å²) in [6.07, 6.45) is 2.27. The number of amides is 1. The first-order chi connectivity index (χ1) is 18.6. The van der Waals surface area contributed by atoms with Crippen LogP contribution in [0, 0.1) is 25.6 Å². The molecule has 0 aliphatic carbocycles. The van der Waals surface area contributed by atoms with Crippen molar-refractivity contribution in [1.29, 1.82) is 0 Å². The Kier molecular flexibility index (Phi) is 8.92. The lowest BCUT2D eigenvalue weighted by Gasteiger charge is -2.35. The molecule has 206 valence electrons. The van der Waals surface area contributed by atoms with Crippen LogP contribution in [0.2, 0.25) is 0 Å². The van der Waals surface area contributed by atoms with E-state index in [9.17, 15) is 14.0 Å². The molecule has 4 rings (SSSR count). The van der Waals surface area contributed by atoms with E-state index in [-0.39, 0.29) is 22.9 Å². The van der Waals surface area contributed by atoms with Gasteiger partial charge in [0.15, 0.2) is 4.83 Å². The topological polar surface area (TPSA) is 71.3 Å². The largest absolute Gasteiger partial charge is 0.328 e. The van der Waals surface area contributed by atoms with Crippen LogP contribution in [0.4, 0.5) is 4.39 Å². The van der Waals surface area contributed by atoms with E-state index >= 15 is 0 Å². The number of rotatable bonds is 10. The molecule has 0 bridgehead atoms. The molecule has 39 heavy (non-hydrogen) atoms. The fourth-order valence-electron chi connectivity index (χ4n) is 4.86. The summed E-state index contributed by atoms with van der Waals surface area (Å²) in [4.78, 5) is 37.2. The molecule has 1 atom stereocenters. The van der Waals surface area contributed by atoms with E-state index in [2.05, 4.69) is 9.27 Å². The molecule has 0 fully saturated rings. The van der Waals surface area contributed by atoms with Crippen molar-refractivity contribution in [2.45, 2.75) is 46.7 Å². The lowest BCUT2D eigenvalue weighted by atomic mass is 9.98. The minimum absolute atomic E-state index is 0.0790. The molecule has 0 spiro atoms. The normalized spacial score (nSPS) is 12.4. The van der Waals surface area contributed by atoms with E-state index < -0.39 is 11.9 Å². The monoisotopic (exact) mass is 549 g/mol. The van der Waals surface area contributed by atoms with Gasteiger partial charge in [-0.25, -0.2) is 9.37 Å². The van der Waals surface area contributed by atoms with Gasteiger partial charge in [0.1, 0.15) is 11.6 Å². The number of nitrogens with zero attached hydrogens (tertiary/aromatic N) is 5. The Bertz CT molecular complexity index is 1530. The number of aromatic nitrogens is 3. The van der Waals surface area contributed by atoms with Crippen molar-refractivity contribution in [1.82, 2.24) is 23.7 Å². The van der Waals surface area contributed by atoms with Crippen molar-refractivity contribution in [2.75, 3.05) is 27.2 Å². The van der Waals surface area contributed by atoms with Crippen molar-refractivity contribution in [2.24, 2.45) is 5.92 Å². The second-order valence-electron chi connectivity index (χ2n) is 10.7. The van der Waals surface area contributed by atoms with Gasteiger partial charge in [-0.2, -0.15) is 4.37 Å². The molecule has 0 aliphatic rings. The third kappa shape index (κ3) is 6.42. The number of halogens is 1. The second kappa shape index (κ2) is 12.2. The Labute approximate surface area is 233 Å². The van der Waals surface area contributed by atoms with Gasteiger partial charge in [0, 0.05) is 12.1 Å². The summed E-state index contributed by atoms with van der Waals surface area (Å²) in [5.74, 6) is -0.272. The standard InChI is InChI=1S/C30H36FN5O2S/c1-19(2)26(35(14-8-13-34(5)6)29(37)23-12-11-21(4)25(31)16-23)27-33-28-24(17-32-39-28)30(38)36(27)18-22-10-7-9-20(3)15-22/h7,9-12,15-17,19,26H,8,13-14,18H2,1-6H3. The van der Waals surface area contributed by atoms with Crippen LogP contribution in [-0.4, -0.2) is 56.8 Å². The SMILES string of the molecule is Cc1cccc(Cn2c(C(C(C)C)N(CCCN(C)C)C(=O)c3ccc(C)c(F)c3)nc3sncc3c2=O)c1. The molecular formula is C30H36FN5O2S. The third-order valence-corrected chi connectivity index (χ3v) is 7.55. The first kappa shape index (κ1) is 28.6. The molecule has 0 saturated heterocycles. The molecule has 2 aromatic carbocycles. The van der Waals surface area contributed by atoms with Crippen molar-refractivity contribution >= 4 is 27.7 Å². The summed E-state index contributed by atoms with van der Waals surface area (Å²) >= 11 is 1.17. The molecule has 0 aliphatic heterocycles. The van der Waals surface area contributed by atoms with E-state index in [0.717, 1.165) is 17.7 Å². The number of benzene rings is 2. The van der Waals surface area contributed by atoms with Gasteiger partial charge in [0.05, 0.1) is 24.2 Å². The molecular weight excluding hydrogens is 513 g/mol. The van der Waals surface area contributed by atoms with Crippen molar-refractivity contribution in [3.63, 3.8) is 0 Å². The molecule has 1 amide bonds. The lowest BCUT2D eigenvalue weighted by Crippen LogP contribution is -2.42. The predicted octanol–water partition coefficient (Wildman–Crippen LogP) is 5.45. The molecule has 0 radical (unpaired) electrons. The summed E-state index contributed by atoms with van der Waals surface area (Å²) in [7, 11) is 3.97. The fraction of sp³-hybridized carbons (Fsp3) is 0.400. The van der Waals surface area contributed by atoms with Crippen LogP contribution in [0.25, 0.3) is 10.2 Å². The Morgan fingerprint density at radius 3 is 2.54 bits per heavy atom. The van der Waals surface area contributed by atoms with Crippen LogP contribution in [0.5, 0.6) is 0 Å². The van der Waals surface area contributed by atoms with Gasteiger partial charge in [0.25, 0.3) is 11.5 Å². The summed E-state index contributed by atoms with van der Waals surface area (Å²) in [5, 5.41) is 0.463. The highest BCUT2D eigenvalue weighted by Gasteiger charge is 2.33. The summed E-state index contributed by atoms with van der Waals surface area (Å²) < 4.78 is 20.4. The smallest absolute Gasteiger partial charge is 0.264 e. The maximum atomic E-state index is 14.5. The maximum Gasteiger partial charge on any atom is 0.264 e. The first-order valence-corrected chi connectivity index (χ1v) is 14.0. The minimum atomic E-state index is -0.520. The molecule has 2 aromatic heterocycles. The average molecular weight is 550 g/mol. The van der Waals surface area contributed by atoms with E-state index in [1.54, 1.807) is 34.7 Å². The van der Waals surface area contributed by atoms with Crippen LogP contribution in [0.15, 0.2) is 53.5 Å². The third-order valence-electron chi connectivity index (χ3n) is 6.86. The van der Waals surface area contributed by atoms with E-state index in [1.807, 2.05) is 59.1 Å². The van der Waals surface area contributed by atoms with Crippen LogP contribution >= 0.6 is 11.5 Å². The Morgan fingerprint density at radius 2 is 1.87 bits per heavy atom. The van der Waals surface area contributed by atoms with Gasteiger partial charge < -0.3 is 9.80 Å². The number of aryl methyl sites for hydroxylation is 2. The van der Waals surface area contributed by atoms with E-state index in [0.29, 0.717) is 41.1 Å². The zero-order valence-electron chi connectivity index (χ0n) is 23.4. The van der Waals surface area contributed by atoms with E-state index in [4.69, 9.17) is 4.98 Å². The van der Waals surface area contributed by atoms with Gasteiger partial charge in [-0.15, -0.1) is 0 Å². The average Bonchev–Trinajstić information content (AvgIpc) is 3.35. The maximum absolute atomic E-state index is 14.5. The highest BCUT2D eigenvalue weighted by atomic mass is 32.1. The van der Waals surface area contributed by atoms with Crippen molar-refractivity contribution < 1.29 is 9.18 Å². The fourth-order valence-corrected chi connectivity index (χ4v) is 5.49. The molecule has 7 nitrogen and oxygen atoms in total. The van der Waals surface area contributed by atoms with Gasteiger partial charge in [-0.3, -0.25) is 14.2 Å². The first-order valence-electron chi connectivity index (χ1n) is 13.2.